The first kappa shape index (κ1) is 19.8. The SMILES string of the molecule is COc1ccc(C)cc1COC=O.Cn1ccc2c3c(ccc21)OCCNC3. The van der Waals surface area contributed by atoms with Crippen LogP contribution in [0.3, 0.4) is 0 Å². The molecule has 1 N–H and O–H groups in total. The average molecular weight is 382 g/mol. The number of nitrogens with one attached hydrogen (secondary N) is 1. The van der Waals surface area contributed by atoms with Crippen molar-refractivity contribution < 1.29 is 19.0 Å². The summed E-state index contributed by atoms with van der Waals surface area (Å²) in [5.41, 5.74) is 4.55. The molecular weight excluding hydrogens is 356 g/mol. The average Bonchev–Trinajstić information content (AvgIpc) is 2.92. The summed E-state index contributed by atoms with van der Waals surface area (Å²) in [7, 11) is 3.66. The molecule has 0 bridgehead atoms. The normalized spacial score (nSPS) is 12.8. The Hall–Kier alpha value is -2.99. The van der Waals surface area contributed by atoms with Crippen LogP contribution in [-0.2, 0) is 29.7 Å². The molecule has 0 fully saturated rings. The van der Waals surface area contributed by atoms with Crippen molar-refractivity contribution in [3.63, 3.8) is 0 Å². The summed E-state index contributed by atoms with van der Waals surface area (Å²) in [6.45, 7) is 5.24. The van der Waals surface area contributed by atoms with Crippen molar-refractivity contribution in [3.8, 4) is 11.5 Å². The second-order valence-corrected chi connectivity index (χ2v) is 6.65. The van der Waals surface area contributed by atoms with E-state index in [-0.39, 0.29) is 6.61 Å². The Morgan fingerprint density at radius 2 is 2.11 bits per heavy atom. The summed E-state index contributed by atoms with van der Waals surface area (Å²) >= 11 is 0. The number of rotatable bonds is 4. The lowest BCUT2D eigenvalue weighted by Gasteiger charge is -2.08. The van der Waals surface area contributed by atoms with Crippen molar-refractivity contribution in [2.45, 2.75) is 20.1 Å². The molecule has 3 aromatic rings. The summed E-state index contributed by atoms with van der Waals surface area (Å²) < 4.78 is 17.6. The zero-order valence-electron chi connectivity index (χ0n) is 16.5. The van der Waals surface area contributed by atoms with Crippen molar-refractivity contribution in [2.24, 2.45) is 7.05 Å². The van der Waals surface area contributed by atoms with Gasteiger partial charge in [0.25, 0.3) is 6.47 Å². The maximum Gasteiger partial charge on any atom is 0.293 e. The van der Waals surface area contributed by atoms with Gasteiger partial charge in [-0.1, -0.05) is 11.6 Å². The summed E-state index contributed by atoms with van der Waals surface area (Å²) in [6.07, 6.45) is 2.09. The predicted molar refractivity (Wildman–Crippen MR) is 109 cm³/mol. The molecule has 0 atom stereocenters. The van der Waals surface area contributed by atoms with Gasteiger partial charge >= 0.3 is 0 Å². The second kappa shape index (κ2) is 9.28. The minimum atomic E-state index is 0.258. The third-order valence-corrected chi connectivity index (χ3v) is 4.72. The Labute approximate surface area is 165 Å². The minimum absolute atomic E-state index is 0.258. The van der Waals surface area contributed by atoms with E-state index < -0.39 is 0 Å². The number of benzene rings is 2. The van der Waals surface area contributed by atoms with Crippen LogP contribution >= 0.6 is 0 Å². The minimum Gasteiger partial charge on any atom is -0.496 e. The van der Waals surface area contributed by atoms with Gasteiger partial charge in [0, 0.05) is 48.4 Å². The van der Waals surface area contributed by atoms with Crippen molar-refractivity contribution >= 4 is 17.4 Å². The van der Waals surface area contributed by atoms with Gasteiger partial charge in [0.05, 0.1) is 7.11 Å². The molecule has 1 aliphatic rings. The number of carbonyl (C=O) groups excluding carboxylic acids is 1. The highest BCUT2D eigenvalue weighted by Crippen LogP contribution is 2.29. The highest BCUT2D eigenvalue weighted by molar-refractivity contribution is 5.86. The van der Waals surface area contributed by atoms with Gasteiger partial charge in [-0.15, -0.1) is 0 Å². The lowest BCUT2D eigenvalue weighted by molar-refractivity contribution is -0.129. The van der Waals surface area contributed by atoms with E-state index in [4.69, 9.17) is 9.47 Å². The van der Waals surface area contributed by atoms with Gasteiger partial charge < -0.3 is 24.1 Å². The molecule has 1 aliphatic heterocycles. The van der Waals surface area contributed by atoms with Gasteiger partial charge in [-0.3, -0.25) is 4.79 Å². The Morgan fingerprint density at radius 1 is 1.25 bits per heavy atom. The maximum atomic E-state index is 10.00. The predicted octanol–water partition coefficient (Wildman–Crippen LogP) is 3.34. The van der Waals surface area contributed by atoms with Crippen molar-refractivity contribution in [1.82, 2.24) is 9.88 Å². The first-order chi connectivity index (χ1) is 13.6. The molecule has 28 heavy (non-hydrogen) atoms. The van der Waals surface area contributed by atoms with Crippen LogP contribution in [0.1, 0.15) is 16.7 Å². The van der Waals surface area contributed by atoms with Gasteiger partial charge in [-0.05, 0) is 37.3 Å². The Balaban J connectivity index is 0.000000163. The largest absolute Gasteiger partial charge is 0.496 e. The second-order valence-electron chi connectivity index (χ2n) is 6.65. The molecule has 0 spiro atoms. The van der Waals surface area contributed by atoms with Crippen molar-refractivity contribution in [2.75, 3.05) is 20.3 Å². The first-order valence-electron chi connectivity index (χ1n) is 9.23. The smallest absolute Gasteiger partial charge is 0.293 e. The molecule has 2 aromatic carbocycles. The van der Waals surface area contributed by atoms with E-state index in [0.29, 0.717) is 6.47 Å². The lowest BCUT2D eigenvalue weighted by atomic mass is 10.1. The van der Waals surface area contributed by atoms with Gasteiger partial charge in [0.15, 0.2) is 0 Å². The first-order valence-corrected chi connectivity index (χ1v) is 9.23. The number of methoxy groups -OCH3 is 1. The van der Waals surface area contributed by atoms with E-state index in [0.717, 1.165) is 42.3 Å². The lowest BCUT2D eigenvalue weighted by Crippen LogP contribution is -2.16. The molecule has 0 saturated carbocycles. The molecule has 1 aromatic heterocycles. The molecule has 4 rings (SSSR count). The van der Waals surface area contributed by atoms with Gasteiger partial charge in [-0.2, -0.15) is 0 Å². The summed E-state index contributed by atoms with van der Waals surface area (Å²) in [4.78, 5) is 10.00. The molecule has 0 amide bonds. The third-order valence-electron chi connectivity index (χ3n) is 4.72. The quantitative estimate of drug-likeness (QED) is 0.702. The number of aryl methyl sites for hydroxylation is 2. The molecule has 0 unspecified atom stereocenters. The molecule has 148 valence electrons. The maximum absolute atomic E-state index is 10.00. The fourth-order valence-corrected chi connectivity index (χ4v) is 3.30. The highest BCUT2D eigenvalue weighted by Gasteiger charge is 2.12. The highest BCUT2D eigenvalue weighted by atomic mass is 16.5. The Kier molecular flexibility index (Phi) is 6.55. The molecular formula is C22H26N2O4. The summed E-state index contributed by atoms with van der Waals surface area (Å²) in [6, 6.07) is 12.1. The van der Waals surface area contributed by atoms with Gasteiger partial charge in [0.2, 0.25) is 0 Å². The van der Waals surface area contributed by atoms with Crippen LogP contribution in [0.25, 0.3) is 10.9 Å². The fourth-order valence-electron chi connectivity index (χ4n) is 3.30. The zero-order valence-corrected chi connectivity index (χ0v) is 16.5. The van der Waals surface area contributed by atoms with Crippen LogP contribution in [0, 0.1) is 6.92 Å². The Bertz CT molecular complexity index is 949. The number of hydrogen-bond donors (Lipinski definition) is 1. The molecule has 6 heteroatoms. The summed E-state index contributed by atoms with van der Waals surface area (Å²) in [5.74, 6) is 1.77. The molecule has 0 radical (unpaired) electrons. The van der Waals surface area contributed by atoms with Crippen LogP contribution in [-0.4, -0.2) is 31.3 Å². The van der Waals surface area contributed by atoms with Crippen molar-refractivity contribution in [1.29, 1.82) is 0 Å². The topological polar surface area (TPSA) is 61.7 Å². The monoisotopic (exact) mass is 382 g/mol. The number of ether oxygens (including phenoxy) is 3. The van der Waals surface area contributed by atoms with Crippen LogP contribution in [0.15, 0.2) is 42.6 Å². The molecule has 0 saturated heterocycles. The van der Waals surface area contributed by atoms with Crippen LogP contribution in [0.2, 0.25) is 0 Å². The number of aromatic nitrogens is 1. The van der Waals surface area contributed by atoms with E-state index >= 15 is 0 Å². The van der Waals surface area contributed by atoms with Crippen LogP contribution in [0.4, 0.5) is 0 Å². The molecule has 2 heterocycles. The molecule has 6 nitrogen and oxygen atoms in total. The number of carbonyl (C=O) groups is 1. The van der Waals surface area contributed by atoms with E-state index in [1.807, 2.05) is 25.1 Å². The Morgan fingerprint density at radius 3 is 2.89 bits per heavy atom. The van der Waals surface area contributed by atoms with E-state index in [1.54, 1.807) is 7.11 Å². The zero-order chi connectivity index (χ0) is 19.9. The standard InChI is InChI=1S/C12H14N2O.C10H12O3/c1-14-6-4-9-10-8-13-5-7-15-12(10)3-2-11(9)14;1-8-3-4-10(12-2)9(5-8)6-13-7-11/h2-4,6,13H,5,7-8H2,1H3;3-5,7H,6H2,1-2H3. The fraction of sp³-hybridized carbons (Fsp3) is 0.318. The van der Waals surface area contributed by atoms with E-state index in [1.165, 1.54) is 16.5 Å². The van der Waals surface area contributed by atoms with Gasteiger partial charge in [-0.25, -0.2) is 0 Å². The molecule has 0 aliphatic carbocycles. The van der Waals surface area contributed by atoms with E-state index in [9.17, 15) is 4.79 Å². The number of fused-ring (bicyclic) bond motifs is 3. The van der Waals surface area contributed by atoms with Crippen LogP contribution in [0.5, 0.6) is 11.5 Å². The van der Waals surface area contributed by atoms with E-state index in [2.05, 4.69) is 46.1 Å². The summed E-state index contributed by atoms with van der Waals surface area (Å²) in [5, 5.41) is 4.67. The third kappa shape index (κ3) is 4.46. The number of hydrogen-bond acceptors (Lipinski definition) is 5. The number of nitrogens with zero attached hydrogens (tertiary/aromatic N) is 1. The van der Waals surface area contributed by atoms with Crippen molar-refractivity contribution in [3.05, 3.63) is 59.3 Å². The van der Waals surface area contributed by atoms with Crippen LogP contribution < -0.4 is 14.8 Å². The van der Waals surface area contributed by atoms with Gasteiger partial charge in [0.1, 0.15) is 24.7 Å².